The molecular weight excluding hydrogens is 691 g/mol. The number of hydrogen-bond acceptors (Lipinski definition) is 3. The molecule has 2 unspecified atom stereocenters. The summed E-state index contributed by atoms with van der Waals surface area (Å²) < 4.78 is 0. The Bertz CT molecular complexity index is 2480. The number of anilines is 5. The van der Waals surface area contributed by atoms with Crippen LogP contribution in [0.1, 0.15) is 63.1 Å². The number of rotatable bonds is 11. The van der Waals surface area contributed by atoms with Crippen molar-refractivity contribution in [1.29, 1.82) is 0 Å². The van der Waals surface area contributed by atoms with Crippen molar-refractivity contribution in [2.45, 2.75) is 52.5 Å². The minimum atomic E-state index is 0.503. The quantitative estimate of drug-likeness (QED) is 0.105. The minimum Gasteiger partial charge on any atom is -0.381 e. The summed E-state index contributed by atoms with van der Waals surface area (Å²) in [7, 11) is 0. The molecule has 8 aromatic rings. The van der Waals surface area contributed by atoms with Crippen LogP contribution in [0, 0.1) is 11.8 Å². The SMILES string of the molecule is CCN(c1ccc([C+](c2ccc(N(CC)c3cccc4ccccc34)cc2)c2ccc(NC3CCCCC3C)c3ccccc23)cc1)c1cccc2ccccc12. The van der Waals surface area contributed by atoms with Gasteiger partial charge >= 0.3 is 0 Å². The minimum absolute atomic E-state index is 0.503. The van der Waals surface area contributed by atoms with Gasteiger partial charge in [-0.25, -0.2) is 0 Å². The molecule has 1 saturated carbocycles. The van der Waals surface area contributed by atoms with E-state index in [0.29, 0.717) is 12.0 Å². The van der Waals surface area contributed by atoms with Crippen molar-refractivity contribution in [3.63, 3.8) is 0 Å². The van der Waals surface area contributed by atoms with Crippen LogP contribution in [0.3, 0.4) is 0 Å². The third kappa shape index (κ3) is 7.08. The van der Waals surface area contributed by atoms with E-state index in [1.165, 1.54) is 109 Å². The number of nitrogens with one attached hydrogen (secondary N) is 1. The molecule has 1 aliphatic carbocycles. The van der Waals surface area contributed by atoms with E-state index in [0.717, 1.165) is 13.1 Å². The van der Waals surface area contributed by atoms with E-state index >= 15 is 0 Å². The molecule has 57 heavy (non-hydrogen) atoms. The van der Waals surface area contributed by atoms with Crippen LogP contribution < -0.4 is 15.1 Å². The van der Waals surface area contributed by atoms with Gasteiger partial charge in [0, 0.05) is 52.1 Å². The highest BCUT2D eigenvalue weighted by atomic mass is 15.1. The van der Waals surface area contributed by atoms with Gasteiger partial charge < -0.3 is 15.1 Å². The summed E-state index contributed by atoms with van der Waals surface area (Å²) >= 11 is 0. The monoisotopic (exact) mass is 742 g/mol. The molecule has 282 valence electrons. The lowest BCUT2D eigenvalue weighted by Crippen LogP contribution is -2.30. The summed E-state index contributed by atoms with van der Waals surface area (Å²) in [4.78, 5) is 4.85. The third-order valence-electron chi connectivity index (χ3n) is 12.3. The first-order valence-electron chi connectivity index (χ1n) is 21.0. The first-order valence-corrected chi connectivity index (χ1v) is 21.0. The third-order valence-corrected chi connectivity index (χ3v) is 12.3. The Hall–Kier alpha value is -6.19. The summed E-state index contributed by atoms with van der Waals surface area (Å²) in [5.41, 5.74) is 9.73. The summed E-state index contributed by atoms with van der Waals surface area (Å²) in [6.07, 6.45) is 5.16. The molecule has 0 aromatic heterocycles. The number of fused-ring (bicyclic) bond motifs is 3. The van der Waals surface area contributed by atoms with Gasteiger partial charge in [-0.3, -0.25) is 0 Å². The highest BCUT2D eigenvalue weighted by molar-refractivity contribution is 5.99. The standard InChI is InChI=1S/C54H52N3/c1-4-56(52-26-14-19-39-17-7-9-21-45(39)52)43-32-28-41(29-33-43)54(49-36-37-51(48-24-12-11-23-47(48)49)55-50-25-13-6-16-38(50)3)42-30-34-44(35-31-42)57(5-2)53-27-15-20-40-18-8-10-22-46(40)53/h7-12,14-15,17-24,26-38,50,55H,4-6,13,16,25H2,1-3H3/q+1. The molecule has 0 radical (unpaired) electrons. The first kappa shape index (κ1) is 36.4. The van der Waals surface area contributed by atoms with Crippen molar-refractivity contribution in [1.82, 2.24) is 0 Å². The molecule has 0 spiro atoms. The maximum Gasteiger partial charge on any atom is 0.0638 e. The topological polar surface area (TPSA) is 18.5 Å². The van der Waals surface area contributed by atoms with Gasteiger partial charge in [-0.2, -0.15) is 0 Å². The van der Waals surface area contributed by atoms with Gasteiger partial charge in [0.2, 0.25) is 0 Å². The van der Waals surface area contributed by atoms with Crippen LogP contribution in [0.5, 0.6) is 0 Å². The molecular formula is C54H52N3+. The molecule has 0 bridgehead atoms. The van der Waals surface area contributed by atoms with Crippen molar-refractivity contribution in [3.05, 3.63) is 192 Å². The highest BCUT2D eigenvalue weighted by Crippen LogP contribution is 2.41. The fraction of sp³-hybridized carbons (Fsp3) is 0.204. The summed E-state index contributed by atoms with van der Waals surface area (Å²) in [5.74, 6) is 1.91. The fourth-order valence-corrected chi connectivity index (χ4v) is 9.34. The van der Waals surface area contributed by atoms with E-state index in [1.54, 1.807) is 0 Å². The Balaban J connectivity index is 1.13. The van der Waals surface area contributed by atoms with E-state index < -0.39 is 0 Å². The van der Waals surface area contributed by atoms with E-state index in [-0.39, 0.29) is 0 Å². The van der Waals surface area contributed by atoms with Gasteiger partial charge in [0.25, 0.3) is 0 Å². The second-order valence-electron chi connectivity index (χ2n) is 15.7. The van der Waals surface area contributed by atoms with E-state index in [2.05, 4.69) is 206 Å². The maximum atomic E-state index is 4.01. The van der Waals surface area contributed by atoms with Crippen LogP contribution in [0.2, 0.25) is 0 Å². The largest absolute Gasteiger partial charge is 0.381 e. The first-order chi connectivity index (χ1) is 28.1. The summed E-state index contributed by atoms with van der Waals surface area (Å²) in [5, 5.41) is 11.6. The second-order valence-corrected chi connectivity index (χ2v) is 15.7. The lowest BCUT2D eigenvalue weighted by atomic mass is 9.82. The van der Waals surface area contributed by atoms with Crippen LogP contribution in [-0.4, -0.2) is 19.1 Å². The zero-order chi connectivity index (χ0) is 38.7. The Morgan fingerprint density at radius 1 is 0.491 bits per heavy atom. The van der Waals surface area contributed by atoms with Crippen LogP contribution in [-0.2, 0) is 0 Å². The fourth-order valence-electron chi connectivity index (χ4n) is 9.34. The van der Waals surface area contributed by atoms with Gasteiger partial charge in [0.15, 0.2) is 0 Å². The van der Waals surface area contributed by atoms with Gasteiger partial charge in [0.1, 0.15) is 0 Å². The Labute approximate surface area is 338 Å². The lowest BCUT2D eigenvalue weighted by Gasteiger charge is -2.31. The van der Waals surface area contributed by atoms with Crippen molar-refractivity contribution in [2.75, 3.05) is 28.2 Å². The molecule has 9 rings (SSSR count). The average molecular weight is 743 g/mol. The van der Waals surface area contributed by atoms with Gasteiger partial charge in [-0.15, -0.1) is 0 Å². The van der Waals surface area contributed by atoms with E-state index in [4.69, 9.17) is 0 Å². The zero-order valence-corrected chi connectivity index (χ0v) is 33.5. The van der Waals surface area contributed by atoms with Crippen molar-refractivity contribution in [2.24, 2.45) is 5.92 Å². The van der Waals surface area contributed by atoms with Crippen LogP contribution >= 0.6 is 0 Å². The molecule has 1 fully saturated rings. The molecule has 0 aliphatic heterocycles. The normalized spacial score (nSPS) is 15.5. The predicted molar refractivity (Wildman–Crippen MR) is 246 cm³/mol. The number of nitrogens with zero attached hydrogens (tertiary/aromatic N) is 2. The molecule has 0 saturated heterocycles. The molecule has 0 heterocycles. The molecule has 3 nitrogen and oxygen atoms in total. The molecule has 0 amide bonds. The Kier molecular flexibility index (Phi) is 10.3. The van der Waals surface area contributed by atoms with Crippen LogP contribution in [0.25, 0.3) is 32.3 Å². The second kappa shape index (κ2) is 16.1. The van der Waals surface area contributed by atoms with Crippen molar-refractivity contribution < 1.29 is 0 Å². The lowest BCUT2D eigenvalue weighted by molar-refractivity contribution is 0.350. The molecule has 2 atom stereocenters. The average Bonchev–Trinajstić information content (AvgIpc) is 3.27. The molecule has 1 N–H and O–H groups in total. The summed E-state index contributed by atoms with van der Waals surface area (Å²) in [6, 6.07) is 63.3. The zero-order valence-electron chi connectivity index (χ0n) is 33.5. The summed E-state index contributed by atoms with van der Waals surface area (Å²) in [6.45, 7) is 8.63. The van der Waals surface area contributed by atoms with Gasteiger partial charge in [-0.1, -0.05) is 105 Å². The van der Waals surface area contributed by atoms with Crippen LogP contribution in [0.4, 0.5) is 28.4 Å². The highest BCUT2D eigenvalue weighted by Gasteiger charge is 2.28. The Morgan fingerprint density at radius 3 is 1.49 bits per heavy atom. The molecule has 1 aliphatic rings. The maximum absolute atomic E-state index is 4.01. The number of benzene rings is 8. The number of hydrogen-bond donors (Lipinski definition) is 1. The van der Waals surface area contributed by atoms with E-state index in [1.807, 2.05) is 0 Å². The molecule has 3 heteroatoms. The van der Waals surface area contributed by atoms with Gasteiger partial charge in [0.05, 0.1) is 39.7 Å². The molecule has 8 aromatic carbocycles. The van der Waals surface area contributed by atoms with Crippen molar-refractivity contribution >= 4 is 60.8 Å². The van der Waals surface area contributed by atoms with Gasteiger partial charge in [-0.05, 0) is 128 Å². The van der Waals surface area contributed by atoms with E-state index in [9.17, 15) is 0 Å². The predicted octanol–water partition coefficient (Wildman–Crippen LogP) is 14.5. The van der Waals surface area contributed by atoms with Crippen LogP contribution in [0.15, 0.2) is 170 Å². The smallest absolute Gasteiger partial charge is 0.0638 e. The Morgan fingerprint density at radius 2 is 0.965 bits per heavy atom. The van der Waals surface area contributed by atoms with Crippen molar-refractivity contribution in [3.8, 4) is 0 Å².